The first-order chi connectivity index (χ1) is 11.6. The molecule has 24 heavy (non-hydrogen) atoms. The van der Waals surface area contributed by atoms with E-state index in [9.17, 15) is 9.90 Å². The maximum Gasteiger partial charge on any atom is 0.253 e. The van der Waals surface area contributed by atoms with E-state index in [0.717, 1.165) is 12.8 Å². The van der Waals surface area contributed by atoms with Crippen LogP contribution in [-0.2, 0) is 0 Å². The summed E-state index contributed by atoms with van der Waals surface area (Å²) >= 11 is 0. The van der Waals surface area contributed by atoms with Crippen molar-refractivity contribution in [3.63, 3.8) is 0 Å². The van der Waals surface area contributed by atoms with Crippen LogP contribution in [0, 0.1) is 5.92 Å². The molecule has 0 spiro atoms. The van der Waals surface area contributed by atoms with E-state index >= 15 is 0 Å². The van der Waals surface area contributed by atoms with Crippen LogP contribution in [0.2, 0.25) is 0 Å². The van der Waals surface area contributed by atoms with Crippen LogP contribution in [-0.4, -0.2) is 40.1 Å². The van der Waals surface area contributed by atoms with Gasteiger partial charge in [-0.25, -0.2) is 0 Å². The maximum absolute atomic E-state index is 12.6. The molecule has 2 aromatic rings. The first-order valence-corrected chi connectivity index (χ1v) is 8.29. The summed E-state index contributed by atoms with van der Waals surface area (Å²) in [6.45, 7) is 3.22. The number of benzene rings is 1. The molecule has 0 radical (unpaired) electrons. The fourth-order valence-electron chi connectivity index (χ4n) is 2.98. The van der Waals surface area contributed by atoms with Crippen LogP contribution in [0.15, 0.2) is 48.8 Å². The number of hydrogen-bond acceptors (Lipinski definition) is 4. The van der Waals surface area contributed by atoms with E-state index in [1.807, 2.05) is 24.0 Å². The Labute approximate surface area is 141 Å². The van der Waals surface area contributed by atoms with E-state index in [1.165, 1.54) is 0 Å². The monoisotopic (exact) mass is 326 g/mol. The fourth-order valence-corrected chi connectivity index (χ4v) is 2.98. The van der Waals surface area contributed by atoms with Gasteiger partial charge in [-0.3, -0.25) is 9.78 Å². The highest BCUT2D eigenvalue weighted by molar-refractivity contribution is 5.94. The number of ether oxygens (including phenoxy) is 1. The van der Waals surface area contributed by atoms with Crippen molar-refractivity contribution in [3.05, 3.63) is 54.4 Å². The summed E-state index contributed by atoms with van der Waals surface area (Å²) in [5.41, 5.74) is 0.657. The summed E-state index contributed by atoms with van der Waals surface area (Å²) in [6, 6.07) is 10.8. The van der Waals surface area contributed by atoms with E-state index in [0.29, 0.717) is 36.1 Å². The van der Waals surface area contributed by atoms with E-state index in [4.69, 9.17) is 4.74 Å². The highest BCUT2D eigenvalue weighted by Gasteiger charge is 2.25. The van der Waals surface area contributed by atoms with Gasteiger partial charge in [0.1, 0.15) is 11.5 Å². The lowest BCUT2D eigenvalue weighted by Gasteiger charge is -2.33. The zero-order valence-electron chi connectivity index (χ0n) is 13.8. The topological polar surface area (TPSA) is 62.7 Å². The Hall–Kier alpha value is -2.40. The van der Waals surface area contributed by atoms with Crippen LogP contribution in [0.4, 0.5) is 0 Å². The Balaban J connectivity index is 1.60. The molecule has 1 saturated heterocycles. The minimum Gasteiger partial charge on any atom is -0.456 e. The lowest BCUT2D eigenvalue weighted by Crippen LogP contribution is -2.40. The fraction of sp³-hybridized carbons (Fsp3) is 0.368. The molecule has 0 saturated carbocycles. The Morgan fingerprint density at radius 1 is 1.21 bits per heavy atom. The predicted molar refractivity (Wildman–Crippen MR) is 91.1 cm³/mol. The van der Waals surface area contributed by atoms with Crippen molar-refractivity contribution in [2.45, 2.75) is 25.9 Å². The molecule has 1 N–H and O–H groups in total. The summed E-state index contributed by atoms with van der Waals surface area (Å²) in [7, 11) is 0. The van der Waals surface area contributed by atoms with Crippen molar-refractivity contribution < 1.29 is 14.6 Å². The van der Waals surface area contributed by atoms with Gasteiger partial charge in [-0.2, -0.15) is 0 Å². The molecule has 5 nitrogen and oxygen atoms in total. The molecule has 2 heterocycles. The van der Waals surface area contributed by atoms with Crippen LogP contribution in [0.3, 0.4) is 0 Å². The summed E-state index contributed by atoms with van der Waals surface area (Å²) in [5.74, 6) is 1.67. The van der Waals surface area contributed by atoms with Gasteiger partial charge < -0.3 is 14.7 Å². The van der Waals surface area contributed by atoms with Crippen molar-refractivity contribution in [1.82, 2.24) is 9.88 Å². The third kappa shape index (κ3) is 3.92. The number of piperidine rings is 1. The lowest BCUT2D eigenvalue weighted by atomic mass is 9.92. The van der Waals surface area contributed by atoms with Crippen molar-refractivity contribution >= 4 is 5.91 Å². The minimum atomic E-state index is -0.300. The second-order valence-electron chi connectivity index (χ2n) is 6.19. The van der Waals surface area contributed by atoms with Crippen molar-refractivity contribution in [3.8, 4) is 11.5 Å². The molecule has 1 fully saturated rings. The Bertz CT molecular complexity index is 663. The van der Waals surface area contributed by atoms with Gasteiger partial charge in [0.15, 0.2) is 0 Å². The summed E-state index contributed by atoms with van der Waals surface area (Å²) in [5, 5.41) is 9.65. The van der Waals surface area contributed by atoms with Gasteiger partial charge >= 0.3 is 0 Å². The third-order valence-corrected chi connectivity index (χ3v) is 4.48. The molecule has 126 valence electrons. The maximum atomic E-state index is 12.6. The molecule has 1 aromatic carbocycles. The second-order valence-corrected chi connectivity index (χ2v) is 6.19. The number of likely N-dealkylation sites (tertiary alicyclic amines) is 1. The average Bonchev–Trinajstić information content (AvgIpc) is 2.63. The molecule has 1 amide bonds. The number of hydrogen-bond donors (Lipinski definition) is 1. The number of aliphatic hydroxyl groups excluding tert-OH is 1. The van der Waals surface area contributed by atoms with Gasteiger partial charge in [-0.1, -0.05) is 0 Å². The summed E-state index contributed by atoms with van der Waals surface area (Å²) < 4.78 is 5.68. The van der Waals surface area contributed by atoms with Crippen molar-refractivity contribution in [2.75, 3.05) is 13.1 Å². The van der Waals surface area contributed by atoms with Gasteiger partial charge in [0.25, 0.3) is 5.91 Å². The number of aliphatic hydroxyl groups is 1. The number of carbonyl (C=O) groups excluding carboxylic acids is 1. The van der Waals surface area contributed by atoms with Crippen LogP contribution >= 0.6 is 0 Å². The molecular weight excluding hydrogens is 304 g/mol. The van der Waals surface area contributed by atoms with Gasteiger partial charge in [0, 0.05) is 24.8 Å². The number of aromatic nitrogens is 1. The SMILES string of the molecule is CC(O)C1CCN(C(=O)c2ccc(Oc3cccnc3)cc2)CC1. The third-order valence-electron chi connectivity index (χ3n) is 4.48. The zero-order chi connectivity index (χ0) is 16.9. The molecular formula is C19H22N2O3. The van der Waals surface area contributed by atoms with Gasteiger partial charge in [-0.05, 0) is 62.1 Å². The van der Waals surface area contributed by atoms with Crippen LogP contribution in [0.25, 0.3) is 0 Å². The molecule has 1 aliphatic rings. The Morgan fingerprint density at radius 3 is 2.50 bits per heavy atom. The van der Waals surface area contributed by atoms with Crippen LogP contribution < -0.4 is 4.74 Å². The quantitative estimate of drug-likeness (QED) is 0.938. The normalized spacial score (nSPS) is 16.7. The lowest BCUT2D eigenvalue weighted by molar-refractivity contribution is 0.0521. The molecule has 5 heteroatoms. The summed E-state index contributed by atoms with van der Waals surface area (Å²) in [6.07, 6.45) is 4.74. The van der Waals surface area contributed by atoms with E-state index < -0.39 is 0 Å². The van der Waals surface area contributed by atoms with Gasteiger partial charge in [0.05, 0.1) is 12.3 Å². The molecule has 1 aromatic heterocycles. The number of amides is 1. The average molecular weight is 326 g/mol. The zero-order valence-corrected chi connectivity index (χ0v) is 13.8. The minimum absolute atomic E-state index is 0.0342. The van der Waals surface area contributed by atoms with Crippen LogP contribution in [0.5, 0.6) is 11.5 Å². The largest absolute Gasteiger partial charge is 0.456 e. The molecule has 3 rings (SSSR count). The number of carbonyl (C=O) groups is 1. The number of pyridine rings is 1. The van der Waals surface area contributed by atoms with Gasteiger partial charge in [-0.15, -0.1) is 0 Å². The Kier molecular flexibility index (Phi) is 5.11. The highest BCUT2D eigenvalue weighted by Crippen LogP contribution is 2.24. The van der Waals surface area contributed by atoms with Crippen LogP contribution in [0.1, 0.15) is 30.1 Å². The molecule has 1 aliphatic heterocycles. The van der Waals surface area contributed by atoms with Gasteiger partial charge in [0.2, 0.25) is 0 Å². The van der Waals surface area contributed by atoms with E-state index in [1.54, 1.807) is 36.7 Å². The summed E-state index contributed by atoms with van der Waals surface area (Å²) in [4.78, 5) is 18.4. The smallest absolute Gasteiger partial charge is 0.253 e. The predicted octanol–water partition coefficient (Wildman–Crippen LogP) is 3.11. The Morgan fingerprint density at radius 2 is 1.92 bits per heavy atom. The molecule has 0 bridgehead atoms. The number of nitrogens with zero attached hydrogens (tertiary/aromatic N) is 2. The second kappa shape index (κ2) is 7.45. The van der Waals surface area contributed by atoms with E-state index in [2.05, 4.69) is 4.98 Å². The number of rotatable bonds is 4. The first kappa shape index (κ1) is 16.5. The first-order valence-electron chi connectivity index (χ1n) is 8.29. The van der Waals surface area contributed by atoms with Crippen molar-refractivity contribution in [2.24, 2.45) is 5.92 Å². The van der Waals surface area contributed by atoms with E-state index in [-0.39, 0.29) is 12.0 Å². The highest BCUT2D eigenvalue weighted by atomic mass is 16.5. The standard InChI is InChI=1S/C19H22N2O3/c1-14(22)15-8-11-21(12-9-15)19(23)16-4-6-17(7-5-16)24-18-3-2-10-20-13-18/h2-7,10,13-15,22H,8-9,11-12H2,1H3. The molecule has 0 aliphatic carbocycles. The van der Waals surface area contributed by atoms with Crippen molar-refractivity contribution in [1.29, 1.82) is 0 Å². The molecule has 1 atom stereocenters. The molecule has 1 unspecified atom stereocenters.